The highest BCUT2D eigenvalue weighted by Crippen LogP contribution is 2.61. The fraction of sp³-hybridized carbons (Fsp3) is 0.800. The number of carbonyl (C=O) groups excluding carboxylic acids is 2. The summed E-state index contributed by atoms with van der Waals surface area (Å²) in [6.45, 7) is -4.43. The Morgan fingerprint density at radius 3 is 0.723 bits per heavy atom. The van der Waals surface area contributed by atoms with Crippen LogP contribution in [0.4, 0.5) is 150 Å². The minimum absolute atomic E-state index is 0.851. The number of hydrogen-bond acceptors (Lipinski definition) is 20. The fourth-order valence-corrected chi connectivity index (χ4v) is 7.80. The number of carbonyl (C=O) groups is 2. The summed E-state index contributed by atoms with van der Waals surface area (Å²) in [5.74, 6) is -7.54. The van der Waals surface area contributed by atoms with Gasteiger partial charge in [-0.2, -0.15) is 177 Å². The second-order valence-electron chi connectivity index (χ2n) is 12.8. The number of ketones is 1. The van der Waals surface area contributed by atoms with Gasteiger partial charge in [0.05, 0.1) is 6.61 Å². The molecule has 0 saturated carbocycles. The molecular weight excluding hydrogens is 1480 g/mol. The molecule has 0 bridgehead atoms. The Hall–Kier alpha value is -3.85. The molecule has 63 heteroatoms. The smallest absolute Gasteiger partial charge is 0.355 e. The Bertz CT molecular complexity index is 3160. The van der Waals surface area contributed by atoms with E-state index in [1.165, 1.54) is 0 Å². The Kier molecular flexibility index (Phi) is 25.5. The van der Waals surface area contributed by atoms with Crippen molar-refractivity contribution in [3.63, 3.8) is 0 Å². The van der Waals surface area contributed by atoms with E-state index in [2.05, 4.69) is 9.47 Å². The SMILES string of the molecule is FC(F)(F)C1(F)CO1.FCF.O=C(C(F)(F)S(=O)(=O)F)C(F)(F)S(=O)(=O)F.O=CC(C(F)(F)F)(C(F)(F)S(=O)(=O)F)C(F)(F)S(=O)(=O)F.O=S(=O)(F)C(F)(F)C(=C(F)F)C(F)(F)S(=O)(=O)F.O=S(=O)(F)C(F)(F)C1(C(F)(F)S(=O)(=O)F)CO1. The van der Waals surface area contributed by atoms with Crippen molar-refractivity contribution < 1.29 is 236 Å². The van der Waals surface area contributed by atoms with Crippen LogP contribution in [0.2, 0.25) is 0 Å². The molecule has 2 rings (SSSR count). The predicted octanol–water partition coefficient (Wildman–Crippen LogP) is 6.45. The van der Waals surface area contributed by atoms with E-state index in [9.17, 15) is 227 Å². The first-order chi connectivity index (χ1) is 35.1. The number of rotatable bonds is 17. The van der Waals surface area contributed by atoms with E-state index in [4.69, 9.17) is 0 Å². The van der Waals surface area contributed by atoms with Crippen molar-refractivity contribution in [2.45, 2.75) is 65.8 Å². The van der Waals surface area contributed by atoms with E-state index in [1.54, 1.807) is 0 Å². The number of alkyl halides is 25. The minimum atomic E-state index is -7.89. The van der Waals surface area contributed by atoms with Crippen LogP contribution in [0.25, 0.3) is 0 Å². The molecule has 0 aromatic rings. The lowest BCUT2D eigenvalue weighted by Crippen LogP contribution is -2.67. The van der Waals surface area contributed by atoms with Gasteiger partial charge in [-0.1, -0.05) is 31.1 Å². The number of ether oxygens (including phenoxy) is 2. The molecule has 0 aromatic heterocycles. The van der Waals surface area contributed by atoms with Crippen molar-refractivity contribution in [3.8, 4) is 0 Å². The Morgan fingerprint density at radius 2 is 0.627 bits per heavy atom. The molecule has 2 saturated heterocycles. The molecular formula is C20H7F35O20S8. The fourth-order valence-electron chi connectivity index (χ4n) is 3.31. The van der Waals surface area contributed by atoms with Gasteiger partial charge in [0.1, 0.15) is 12.9 Å². The van der Waals surface area contributed by atoms with Crippen LogP contribution in [-0.4, -0.2) is 165 Å². The summed E-state index contributed by atoms with van der Waals surface area (Å²) in [7, 11) is -58.6. The minimum Gasteiger partial charge on any atom is -0.355 e. The molecule has 0 spiro atoms. The zero-order chi connectivity index (χ0) is 69.5. The zero-order valence-corrected chi connectivity index (χ0v) is 41.9. The highest BCUT2D eigenvalue weighted by atomic mass is 32.3. The third-order valence-corrected chi connectivity index (χ3v) is 14.5. The molecule has 2 aliphatic rings. The molecule has 1 atom stereocenters. The maximum Gasteiger partial charge on any atom is 0.450 e. The average Bonchev–Trinajstić information content (AvgIpc) is 4.11. The summed E-state index contributed by atoms with van der Waals surface area (Å²) in [6.07, 6.45) is -19.0. The van der Waals surface area contributed by atoms with Crippen LogP contribution in [0.5, 0.6) is 0 Å². The van der Waals surface area contributed by atoms with Crippen LogP contribution in [-0.2, 0) is 101 Å². The predicted molar refractivity (Wildman–Crippen MR) is 180 cm³/mol. The van der Waals surface area contributed by atoms with Crippen molar-refractivity contribution >= 4 is 93.9 Å². The topological polar surface area (TPSA) is 332 Å². The van der Waals surface area contributed by atoms with Gasteiger partial charge in [-0.15, -0.1) is 0 Å². The molecule has 0 N–H and O–H groups in total. The van der Waals surface area contributed by atoms with E-state index >= 15 is 0 Å². The van der Waals surface area contributed by atoms with Gasteiger partial charge in [-0.3, -0.25) is 4.79 Å². The normalized spacial score (nSPS) is 18.2. The van der Waals surface area contributed by atoms with Crippen LogP contribution in [0.15, 0.2) is 11.7 Å². The Labute approximate surface area is 432 Å². The van der Waals surface area contributed by atoms with Crippen molar-refractivity contribution in [2.75, 3.05) is 20.1 Å². The van der Waals surface area contributed by atoms with E-state index in [1.807, 2.05) is 0 Å². The number of hydrogen-bond donors (Lipinski definition) is 0. The van der Waals surface area contributed by atoms with Crippen molar-refractivity contribution in [1.29, 1.82) is 0 Å². The van der Waals surface area contributed by atoms with Crippen LogP contribution in [0.3, 0.4) is 0 Å². The molecule has 500 valence electrons. The summed E-state index contributed by atoms with van der Waals surface area (Å²) < 4.78 is 586. The van der Waals surface area contributed by atoms with Crippen LogP contribution in [0, 0.1) is 5.41 Å². The van der Waals surface area contributed by atoms with Gasteiger partial charge in [-0.25, -0.2) is 8.78 Å². The molecule has 0 aromatic carbocycles. The zero-order valence-electron chi connectivity index (χ0n) is 35.4. The number of halogens is 35. The van der Waals surface area contributed by atoms with E-state index in [0.29, 0.717) is 0 Å². The Morgan fingerprint density at radius 1 is 0.410 bits per heavy atom. The maximum absolute atomic E-state index is 12.9. The van der Waals surface area contributed by atoms with Gasteiger partial charge in [-0.05, 0) is 0 Å². The van der Waals surface area contributed by atoms with Gasteiger partial charge in [0, 0.05) is 0 Å². The van der Waals surface area contributed by atoms with Crippen LogP contribution < -0.4 is 0 Å². The number of epoxide rings is 2. The van der Waals surface area contributed by atoms with Crippen LogP contribution >= 0.6 is 0 Å². The summed E-state index contributed by atoms with van der Waals surface area (Å²) in [6, 6.07) is 0. The summed E-state index contributed by atoms with van der Waals surface area (Å²) in [4.78, 5) is 20.2. The first kappa shape index (κ1) is 85.6. The quantitative estimate of drug-likeness (QED) is 0.0653. The molecule has 2 fully saturated rings. The van der Waals surface area contributed by atoms with Crippen LogP contribution in [0.1, 0.15) is 0 Å². The number of Topliss-reactive ketones (excluding diaryl/α,β-unsaturated/α-hetero) is 1. The van der Waals surface area contributed by atoms with Crippen molar-refractivity contribution in [3.05, 3.63) is 11.7 Å². The third-order valence-electron chi connectivity index (χ3n) is 7.49. The van der Waals surface area contributed by atoms with E-state index < -0.39 is 197 Å². The maximum atomic E-state index is 12.9. The molecule has 2 aliphatic heterocycles. The summed E-state index contributed by atoms with van der Waals surface area (Å²) >= 11 is 0. The second-order valence-corrected chi connectivity index (χ2v) is 23.9. The highest BCUT2D eigenvalue weighted by Gasteiger charge is 2.90. The molecule has 20 nitrogen and oxygen atoms in total. The van der Waals surface area contributed by atoms with E-state index in [0.717, 1.165) is 0 Å². The van der Waals surface area contributed by atoms with Gasteiger partial charge in [0.25, 0.3) is 17.1 Å². The van der Waals surface area contributed by atoms with Crippen molar-refractivity contribution in [2.24, 2.45) is 5.41 Å². The van der Waals surface area contributed by atoms with Gasteiger partial charge < -0.3 is 14.3 Å². The molecule has 0 radical (unpaired) electrons. The Balaban J connectivity index is -0.000000473. The third kappa shape index (κ3) is 17.0. The number of aldehydes is 1. The first-order valence-electron chi connectivity index (χ1n) is 16.0. The lowest BCUT2D eigenvalue weighted by molar-refractivity contribution is -0.303. The molecule has 83 heavy (non-hydrogen) atoms. The van der Waals surface area contributed by atoms with Gasteiger partial charge in [0.15, 0.2) is 5.57 Å². The first-order valence-corrected chi connectivity index (χ1v) is 27.0. The molecule has 0 amide bonds. The largest absolute Gasteiger partial charge is 0.450 e. The summed E-state index contributed by atoms with van der Waals surface area (Å²) in [5.41, 5.74) is -15.9. The summed E-state index contributed by atoms with van der Waals surface area (Å²) in [5, 5.41) is -52.4. The monoisotopic (exact) mass is 1490 g/mol. The van der Waals surface area contributed by atoms with Gasteiger partial charge >= 0.3 is 148 Å². The van der Waals surface area contributed by atoms with E-state index in [-0.39, 0.29) is 0 Å². The highest BCUT2D eigenvalue weighted by molar-refractivity contribution is 7.90. The lowest BCUT2D eigenvalue weighted by Gasteiger charge is -2.37. The van der Waals surface area contributed by atoms with Gasteiger partial charge in [0.2, 0.25) is 6.93 Å². The molecule has 0 aliphatic carbocycles. The second kappa shape index (κ2) is 24.7. The van der Waals surface area contributed by atoms with Crippen molar-refractivity contribution in [1.82, 2.24) is 0 Å². The standard InChI is InChI=1S/C5HF9O5S2.C4F8O4S2.C4H2F6O5S2.C3F6O5S2.C3H2F4O.CH2F2/c6-3(7,8)2(1-15,4(9,10)20(13,16)17)5(11,12)21(14,18)19;5-2(6)1(3(7,8)17(11,13)14)4(9,10)18(12,15)16;5-3(6,16(9,11)12)2(1-15-2)4(7,8)17(10,13)14;4-2(5,15(8,11)12)1(10)3(6,7)16(9,13)14;4-2(1-8-2)3(5,6)7;2-1-3/h1H;;1H2;;1H2;1H2. The lowest BCUT2D eigenvalue weighted by atomic mass is 9.89. The average molecular weight is 1490 g/mol. The molecule has 1 unspecified atom stereocenters. The molecule has 2 heterocycles.